The third-order valence-corrected chi connectivity index (χ3v) is 3.04. The molecule has 3 heteroatoms. The summed E-state index contributed by atoms with van der Waals surface area (Å²) in [5.74, 6) is 1.76. The Hall–Kier alpha value is -1.77. The average Bonchev–Trinajstić information content (AvgIpc) is 2.54. The Kier molecular flexibility index (Phi) is 3.16. The topological polar surface area (TPSA) is 43.8 Å². The van der Waals surface area contributed by atoms with Crippen LogP contribution in [0.4, 0.5) is 5.82 Å². The van der Waals surface area contributed by atoms with Gasteiger partial charge in [-0.15, -0.1) is 0 Å². The van der Waals surface area contributed by atoms with Crippen molar-refractivity contribution in [2.24, 2.45) is 0 Å². The number of aryl methyl sites for hydroxylation is 1. The zero-order valence-electron chi connectivity index (χ0n) is 11.6. The summed E-state index contributed by atoms with van der Waals surface area (Å²) in [7, 11) is 0. The van der Waals surface area contributed by atoms with E-state index in [-0.39, 0.29) is 5.54 Å². The molecular formula is C15H21N3. The molecule has 18 heavy (non-hydrogen) atoms. The van der Waals surface area contributed by atoms with Crippen LogP contribution in [0.3, 0.4) is 0 Å². The molecular weight excluding hydrogens is 222 g/mol. The molecule has 0 spiro atoms. The van der Waals surface area contributed by atoms with Gasteiger partial charge in [-0.3, -0.25) is 0 Å². The van der Waals surface area contributed by atoms with Gasteiger partial charge in [0.15, 0.2) is 0 Å². The van der Waals surface area contributed by atoms with Gasteiger partial charge in [-0.2, -0.15) is 0 Å². The first-order chi connectivity index (χ1) is 8.39. The van der Waals surface area contributed by atoms with Gasteiger partial charge >= 0.3 is 0 Å². The van der Waals surface area contributed by atoms with Crippen molar-refractivity contribution in [1.29, 1.82) is 0 Å². The number of rotatable bonds is 2. The van der Waals surface area contributed by atoms with Crippen molar-refractivity contribution in [1.82, 2.24) is 9.55 Å². The molecule has 96 valence electrons. The molecule has 2 aromatic rings. The van der Waals surface area contributed by atoms with Gasteiger partial charge in [-0.05, 0) is 33.3 Å². The minimum Gasteiger partial charge on any atom is -0.384 e. The highest BCUT2D eigenvalue weighted by molar-refractivity contribution is 5.42. The second kappa shape index (κ2) is 4.48. The fraction of sp³-hybridized carbons (Fsp3) is 0.400. The van der Waals surface area contributed by atoms with Gasteiger partial charge in [-0.1, -0.05) is 30.3 Å². The number of aromatic nitrogens is 2. The third-order valence-electron chi connectivity index (χ3n) is 3.04. The molecule has 1 aromatic carbocycles. The lowest BCUT2D eigenvalue weighted by molar-refractivity contribution is 0.393. The molecule has 0 amide bonds. The smallest absolute Gasteiger partial charge is 0.127 e. The van der Waals surface area contributed by atoms with E-state index in [9.17, 15) is 0 Å². The molecule has 0 saturated heterocycles. The molecule has 0 aliphatic rings. The van der Waals surface area contributed by atoms with E-state index in [1.54, 1.807) is 0 Å². The van der Waals surface area contributed by atoms with E-state index < -0.39 is 0 Å². The molecule has 0 fully saturated rings. The Balaban J connectivity index is 2.37. The summed E-state index contributed by atoms with van der Waals surface area (Å²) in [6, 6.07) is 10.3. The molecule has 3 nitrogen and oxygen atoms in total. The molecule has 0 unspecified atom stereocenters. The predicted molar refractivity (Wildman–Crippen MR) is 75.6 cm³/mol. The largest absolute Gasteiger partial charge is 0.384 e. The monoisotopic (exact) mass is 243 g/mol. The molecule has 0 aliphatic carbocycles. The van der Waals surface area contributed by atoms with Crippen LogP contribution >= 0.6 is 0 Å². The lowest BCUT2D eigenvalue weighted by Crippen LogP contribution is -2.24. The lowest BCUT2D eigenvalue weighted by atomic mass is 10.1. The maximum absolute atomic E-state index is 6.24. The maximum Gasteiger partial charge on any atom is 0.127 e. The Morgan fingerprint density at radius 1 is 1.17 bits per heavy atom. The highest BCUT2D eigenvalue weighted by Crippen LogP contribution is 2.25. The molecule has 0 radical (unpaired) electrons. The van der Waals surface area contributed by atoms with E-state index in [1.807, 2.05) is 25.1 Å². The first kappa shape index (κ1) is 12.7. The van der Waals surface area contributed by atoms with Crippen molar-refractivity contribution in [3.63, 3.8) is 0 Å². The molecule has 0 atom stereocenters. The minimum atomic E-state index is -0.0316. The summed E-state index contributed by atoms with van der Waals surface area (Å²) < 4.78 is 2.10. The summed E-state index contributed by atoms with van der Waals surface area (Å²) in [6.45, 7) is 8.44. The van der Waals surface area contributed by atoms with E-state index in [1.165, 1.54) is 5.56 Å². The van der Waals surface area contributed by atoms with Crippen LogP contribution in [0.5, 0.6) is 0 Å². The van der Waals surface area contributed by atoms with Crippen LogP contribution in [0.25, 0.3) is 0 Å². The van der Waals surface area contributed by atoms with Crippen molar-refractivity contribution >= 4 is 5.82 Å². The molecule has 0 saturated carbocycles. The van der Waals surface area contributed by atoms with E-state index in [2.05, 4.69) is 42.5 Å². The first-order valence-electron chi connectivity index (χ1n) is 6.27. The molecule has 0 bridgehead atoms. The first-order valence-corrected chi connectivity index (χ1v) is 6.27. The highest BCUT2D eigenvalue weighted by Gasteiger charge is 2.21. The van der Waals surface area contributed by atoms with Crippen LogP contribution < -0.4 is 5.73 Å². The van der Waals surface area contributed by atoms with Crippen molar-refractivity contribution < 1.29 is 0 Å². The number of hydrogen-bond donors (Lipinski definition) is 1. The van der Waals surface area contributed by atoms with Crippen molar-refractivity contribution in [3.8, 4) is 0 Å². The maximum atomic E-state index is 6.24. The van der Waals surface area contributed by atoms with Crippen LogP contribution in [0.2, 0.25) is 0 Å². The number of benzene rings is 1. The van der Waals surface area contributed by atoms with Gasteiger partial charge in [0.1, 0.15) is 11.6 Å². The van der Waals surface area contributed by atoms with Crippen LogP contribution in [0.15, 0.2) is 30.3 Å². The highest BCUT2D eigenvalue weighted by atomic mass is 15.2. The van der Waals surface area contributed by atoms with Crippen molar-refractivity contribution in [3.05, 3.63) is 47.4 Å². The van der Waals surface area contributed by atoms with E-state index in [4.69, 9.17) is 5.73 Å². The second-order valence-electron chi connectivity index (χ2n) is 5.66. The van der Waals surface area contributed by atoms with Gasteiger partial charge in [-0.25, -0.2) is 4.98 Å². The van der Waals surface area contributed by atoms with E-state index in [0.717, 1.165) is 23.8 Å². The number of imidazole rings is 1. The summed E-state index contributed by atoms with van der Waals surface area (Å²) in [6.07, 6.45) is 0.788. The minimum absolute atomic E-state index is 0.0316. The SMILES string of the molecule is Cc1nc(Cc2ccccc2)c(N)n1C(C)(C)C. The average molecular weight is 243 g/mol. The fourth-order valence-electron chi connectivity index (χ4n) is 2.37. The van der Waals surface area contributed by atoms with Gasteiger partial charge in [0.2, 0.25) is 0 Å². The van der Waals surface area contributed by atoms with Gasteiger partial charge < -0.3 is 10.3 Å². The molecule has 2 N–H and O–H groups in total. The number of anilines is 1. The van der Waals surface area contributed by atoms with Crippen LogP contribution in [0, 0.1) is 6.92 Å². The van der Waals surface area contributed by atoms with E-state index in [0.29, 0.717) is 0 Å². The quantitative estimate of drug-likeness (QED) is 0.880. The summed E-state index contributed by atoms with van der Waals surface area (Å²) in [5, 5.41) is 0. The van der Waals surface area contributed by atoms with Crippen molar-refractivity contribution in [2.75, 3.05) is 5.73 Å². The number of nitrogens with zero attached hydrogens (tertiary/aromatic N) is 2. The number of nitrogens with two attached hydrogens (primary N) is 1. The van der Waals surface area contributed by atoms with Gasteiger partial charge in [0.25, 0.3) is 0 Å². The predicted octanol–water partition coefficient (Wildman–Crippen LogP) is 3.12. The molecule has 0 aliphatic heterocycles. The molecule has 1 heterocycles. The Bertz CT molecular complexity index is 533. The standard InChI is InChI=1S/C15H21N3/c1-11-17-13(10-12-8-6-5-7-9-12)14(16)18(11)15(2,3)4/h5-9H,10,16H2,1-4H3. The van der Waals surface area contributed by atoms with Gasteiger partial charge in [0.05, 0.1) is 5.69 Å². The second-order valence-corrected chi connectivity index (χ2v) is 5.66. The van der Waals surface area contributed by atoms with Crippen LogP contribution in [-0.2, 0) is 12.0 Å². The number of hydrogen-bond acceptors (Lipinski definition) is 2. The van der Waals surface area contributed by atoms with Crippen LogP contribution in [0.1, 0.15) is 37.9 Å². The molecule has 1 aromatic heterocycles. The van der Waals surface area contributed by atoms with Crippen LogP contribution in [-0.4, -0.2) is 9.55 Å². The third kappa shape index (κ3) is 2.40. The normalized spacial score (nSPS) is 11.8. The summed E-state index contributed by atoms with van der Waals surface area (Å²) in [4.78, 5) is 4.61. The van der Waals surface area contributed by atoms with Crippen molar-refractivity contribution in [2.45, 2.75) is 39.7 Å². The summed E-state index contributed by atoms with van der Waals surface area (Å²) in [5.41, 5.74) is 8.41. The Morgan fingerprint density at radius 2 is 1.78 bits per heavy atom. The Labute approximate surface area is 109 Å². The Morgan fingerprint density at radius 3 is 2.28 bits per heavy atom. The fourth-order valence-corrected chi connectivity index (χ4v) is 2.37. The lowest BCUT2D eigenvalue weighted by Gasteiger charge is -2.24. The van der Waals surface area contributed by atoms with E-state index >= 15 is 0 Å². The summed E-state index contributed by atoms with van der Waals surface area (Å²) >= 11 is 0. The molecule has 2 rings (SSSR count). The zero-order valence-corrected chi connectivity index (χ0v) is 11.6. The number of nitrogen functional groups attached to an aromatic ring is 1. The zero-order chi connectivity index (χ0) is 13.3. The van der Waals surface area contributed by atoms with Gasteiger partial charge in [0, 0.05) is 12.0 Å².